The molecule has 5 rings (SSSR count). The SMILES string of the molecule is C=COC(=O)CCCCCOc1ccc(-c2ccc(-c3ccc(C(=O)Oc4ccc(OCCCN5C(=O)C=CC5=O)cc4)cc3)cc2)cc1. The van der Waals surface area contributed by atoms with Gasteiger partial charge in [-0.05, 0) is 96.5 Å². The molecule has 1 heterocycles. The van der Waals surface area contributed by atoms with Crippen molar-refractivity contribution in [1.82, 2.24) is 4.90 Å². The molecule has 0 saturated heterocycles. The van der Waals surface area contributed by atoms with Crippen molar-refractivity contribution in [3.05, 3.63) is 128 Å². The van der Waals surface area contributed by atoms with Crippen molar-refractivity contribution in [2.75, 3.05) is 19.8 Å². The standard InChI is InChI=1S/C40H37NO8/c1-2-46-39(44)7-4-3-5-27-47-34-18-16-32(17-19-34)30-10-8-29(9-11-30)31-12-14-33(15-13-31)40(45)49-36-22-20-35(21-23-36)48-28-6-26-41-37(42)24-25-38(41)43/h2,8-25H,1,3-7,26-28H2. The monoisotopic (exact) mass is 659 g/mol. The van der Waals surface area contributed by atoms with Gasteiger partial charge in [0.1, 0.15) is 17.2 Å². The Morgan fingerprint density at radius 2 is 1.06 bits per heavy atom. The third kappa shape index (κ3) is 10.0. The number of nitrogens with zero attached hydrogens (tertiary/aromatic N) is 1. The Balaban J connectivity index is 1.04. The lowest BCUT2D eigenvalue weighted by Gasteiger charge is -2.13. The van der Waals surface area contributed by atoms with E-state index in [0.29, 0.717) is 49.7 Å². The first-order valence-electron chi connectivity index (χ1n) is 16.1. The van der Waals surface area contributed by atoms with E-state index in [1.54, 1.807) is 36.4 Å². The van der Waals surface area contributed by atoms with Crippen LogP contribution in [0, 0.1) is 0 Å². The highest BCUT2D eigenvalue weighted by molar-refractivity contribution is 6.12. The van der Waals surface area contributed by atoms with E-state index in [9.17, 15) is 19.2 Å². The maximum Gasteiger partial charge on any atom is 0.343 e. The van der Waals surface area contributed by atoms with E-state index < -0.39 is 5.97 Å². The molecule has 0 atom stereocenters. The second-order valence-electron chi connectivity index (χ2n) is 11.2. The number of rotatable bonds is 17. The number of hydrogen-bond donors (Lipinski definition) is 0. The second kappa shape index (κ2) is 17.3. The maximum atomic E-state index is 12.8. The number of amides is 2. The first-order chi connectivity index (χ1) is 23.9. The van der Waals surface area contributed by atoms with Crippen LogP contribution in [0.4, 0.5) is 0 Å². The largest absolute Gasteiger partial charge is 0.494 e. The molecule has 2 amide bonds. The normalized spacial score (nSPS) is 12.1. The van der Waals surface area contributed by atoms with Crippen LogP contribution < -0.4 is 14.2 Å². The van der Waals surface area contributed by atoms with Crippen molar-refractivity contribution in [1.29, 1.82) is 0 Å². The summed E-state index contributed by atoms with van der Waals surface area (Å²) in [6.07, 6.45) is 7.05. The molecule has 1 aliphatic rings. The fraction of sp³-hybridized carbons (Fsp3) is 0.200. The molecule has 0 unspecified atom stereocenters. The summed E-state index contributed by atoms with van der Waals surface area (Å²) in [5.41, 5.74) is 4.57. The van der Waals surface area contributed by atoms with E-state index in [4.69, 9.17) is 18.9 Å². The molecule has 0 spiro atoms. The van der Waals surface area contributed by atoms with Crippen molar-refractivity contribution in [3.8, 4) is 39.5 Å². The minimum absolute atomic E-state index is 0.260. The number of hydrogen-bond acceptors (Lipinski definition) is 8. The number of ether oxygens (including phenoxy) is 4. The Hall–Kier alpha value is -5.96. The Morgan fingerprint density at radius 3 is 1.61 bits per heavy atom. The van der Waals surface area contributed by atoms with E-state index in [1.165, 1.54) is 17.1 Å². The van der Waals surface area contributed by atoms with Crippen LogP contribution >= 0.6 is 0 Å². The zero-order valence-corrected chi connectivity index (χ0v) is 27.0. The van der Waals surface area contributed by atoms with Crippen molar-refractivity contribution in [2.24, 2.45) is 0 Å². The van der Waals surface area contributed by atoms with Gasteiger partial charge in [0.15, 0.2) is 0 Å². The zero-order valence-electron chi connectivity index (χ0n) is 27.0. The maximum absolute atomic E-state index is 12.8. The molecule has 0 fully saturated rings. The van der Waals surface area contributed by atoms with Gasteiger partial charge in [0.05, 0.1) is 25.0 Å². The molecule has 9 nitrogen and oxygen atoms in total. The molecular formula is C40H37NO8. The molecule has 0 bridgehead atoms. The highest BCUT2D eigenvalue weighted by atomic mass is 16.5. The van der Waals surface area contributed by atoms with E-state index in [-0.39, 0.29) is 17.8 Å². The van der Waals surface area contributed by atoms with E-state index in [1.807, 2.05) is 48.5 Å². The van der Waals surface area contributed by atoms with Gasteiger partial charge in [-0.3, -0.25) is 19.3 Å². The van der Waals surface area contributed by atoms with Gasteiger partial charge in [-0.25, -0.2) is 4.79 Å². The Morgan fingerprint density at radius 1 is 0.592 bits per heavy atom. The van der Waals surface area contributed by atoms with Gasteiger partial charge in [0.2, 0.25) is 0 Å². The van der Waals surface area contributed by atoms with E-state index in [0.717, 1.165) is 53.5 Å². The van der Waals surface area contributed by atoms with Gasteiger partial charge in [-0.2, -0.15) is 0 Å². The molecule has 0 aliphatic carbocycles. The lowest BCUT2D eigenvalue weighted by Crippen LogP contribution is -2.31. The van der Waals surface area contributed by atoms with Gasteiger partial charge in [-0.15, -0.1) is 0 Å². The van der Waals surface area contributed by atoms with Crippen LogP contribution in [-0.4, -0.2) is 48.4 Å². The molecule has 0 N–H and O–H groups in total. The summed E-state index contributed by atoms with van der Waals surface area (Å²) >= 11 is 0. The van der Waals surface area contributed by atoms with Crippen molar-refractivity contribution in [2.45, 2.75) is 32.1 Å². The Bertz CT molecular complexity index is 1760. The fourth-order valence-electron chi connectivity index (χ4n) is 5.12. The molecule has 250 valence electrons. The van der Waals surface area contributed by atoms with Crippen molar-refractivity contribution < 1.29 is 38.1 Å². The fourth-order valence-corrected chi connectivity index (χ4v) is 5.12. The molecule has 0 saturated carbocycles. The third-order valence-electron chi connectivity index (χ3n) is 7.76. The Labute approximate surface area is 285 Å². The van der Waals surface area contributed by atoms with Crippen molar-refractivity contribution in [3.63, 3.8) is 0 Å². The number of carbonyl (C=O) groups is 4. The average Bonchev–Trinajstić information content (AvgIpc) is 3.45. The van der Waals surface area contributed by atoms with Crippen LogP contribution in [0.25, 0.3) is 22.3 Å². The molecule has 4 aromatic carbocycles. The van der Waals surface area contributed by atoms with Gasteiger partial charge in [0.25, 0.3) is 11.8 Å². The molecule has 4 aromatic rings. The minimum atomic E-state index is -0.470. The topological polar surface area (TPSA) is 108 Å². The summed E-state index contributed by atoms with van der Waals surface area (Å²) in [6, 6.07) is 30.1. The molecule has 49 heavy (non-hydrogen) atoms. The summed E-state index contributed by atoms with van der Waals surface area (Å²) in [7, 11) is 0. The zero-order chi connectivity index (χ0) is 34.4. The van der Waals surface area contributed by atoms with E-state index >= 15 is 0 Å². The minimum Gasteiger partial charge on any atom is -0.494 e. The van der Waals surface area contributed by atoms with Gasteiger partial charge < -0.3 is 18.9 Å². The van der Waals surface area contributed by atoms with Crippen LogP contribution in [-0.2, 0) is 19.1 Å². The molecule has 0 radical (unpaired) electrons. The highest BCUT2D eigenvalue weighted by Gasteiger charge is 2.22. The van der Waals surface area contributed by atoms with Gasteiger partial charge in [0, 0.05) is 25.1 Å². The summed E-state index contributed by atoms with van der Waals surface area (Å²) in [5.74, 6) is 0.427. The summed E-state index contributed by atoms with van der Waals surface area (Å²) in [6.45, 7) is 4.58. The lowest BCUT2D eigenvalue weighted by atomic mass is 9.99. The molecular weight excluding hydrogens is 622 g/mol. The van der Waals surface area contributed by atoms with Crippen LogP contribution in [0.3, 0.4) is 0 Å². The summed E-state index contributed by atoms with van der Waals surface area (Å²) in [4.78, 5) is 48.5. The van der Waals surface area contributed by atoms with Gasteiger partial charge >= 0.3 is 11.9 Å². The first-order valence-corrected chi connectivity index (χ1v) is 16.1. The number of carbonyl (C=O) groups excluding carboxylic acids is 4. The number of unbranched alkanes of at least 4 members (excludes halogenated alkanes) is 2. The van der Waals surface area contributed by atoms with Crippen LogP contribution in [0.2, 0.25) is 0 Å². The molecule has 9 heteroatoms. The van der Waals surface area contributed by atoms with Gasteiger partial charge in [-0.1, -0.05) is 55.1 Å². The average molecular weight is 660 g/mol. The highest BCUT2D eigenvalue weighted by Crippen LogP contribution is 2.27. The summed E-state index contributed by atoms with van der Waals surface area (Å²) in [5, 5.41) is 0. The van der Waals surface area contributed by atoms with Crippen LogP contribution in [0.15, 0.2) is 122 Å². The number of benzene rings is 4. The number of esters is 2. The third-order valence-corrected chi connectivity index (χ3v) is 7.76. The number of imide groups is 1. The van der Waals surface area contributed by atoms with Crippen LogP contribution in [0.1, 0.15) is 42.5 Å². The lowest BCUT2D eigenvalue weighted by molar-refractivity contribution is -0.138. The second-order valence-corrected chi connectivity index (χ2v) is 11.2. The predicted octanol–water partition coefficient (Wildman–Crippen LogP) is 7.56. The molecule has 0 aromatic heterocycles. The van der Waals surface area contributed by atoms with Crippen LogP contribution in [0.5, 0.6) is 17.2 Å². The first kappa shape index (κ1) is 34.4. The Kier molecular flexibility index (Phi) is 12.1. The molecule has 1 aliphatic heterocycles. The smallest absolute Gasteiger partial charge is 0.343 e. The van der Waals surface area contributed by atoms with Crippen molar-refractivity contribution >= 4 is 23.8 Å². The predicted molar refractivity (Wildman–Crippen MR) is 185 cm³/mol. The quantitative estimate of drug-likeness (QED) is 0.0376. The van der Waals surface area contributed by atoms with E-state index in [2.05, 4.69) is 18.7 Å². The summed E-state index contributed by atoms with van der Waals surface area (Å²) < 4.78 is 21.8.